The van der Waals surface area contributed by atoms with E-state index in [1.807, 2.05) is 28.3 Å². The van der Waals surface area contributed by atoms with Gasteiger partial charge in [-0.2, -0.15) is 16.1 Å². The Morgan fingerprint density at radius 3 is 2.71 bits per heavy atom. The van der Waals surface area contributed by atoms with Crippen molar-refractivity contribution in [3.63, 3.8) is 0 Å². The number of rotatable bonds is 6. The van der Waals surface area contributed by atoms with Crippen LogP contribution in [0.3, 0.4) is 0 Å². The Morgan fingerprint density at radius 2 is 2.04 bits per heavy atom. The normalized spacial score (nSPS) is 12.3. The zero-order chi connectivity index (χ0) is 19.9. The molecule has 0 aliphatic carbocycles. The highest BCUT2D eigenvalue weighted by molar-refractivity contribution is 7.89. The molecule has 4 rings (SSSR count). The van der Waals surface area contributed by atoms with Gasteiger partial charge in [0, 0.05) is 31.6 Å². The zero-order valence-electron chi connectivity index (χ0n) is 15.6. The smallest absolute Gasteiger partial charge is 0.242 e. The van der Waals surface area contributed by atoms with E-state index in [2.05, 4.69) is 20.4 Å². The van der Waals surface area contributed by atoms with Gasteiger partial charge in [-0.15, -0.1) is 10.2 Å². The third-order valence-corrected chi connectivity index (χ3v) is 6.90. The first kappa shape index (κ1) is 18.7. The van der Waals surface area contributed by atoms with E-state index in [9.17, 15) is 8.42 Å². The van der Waals surface area contributed by atoms with Crippen LogP contribution < -0.4 is 0 Å². The second-order valence-corrected chi connectivity index (χ2v) is 9.30. The van der Waals surface area contributed by atoms with Crippen molar-refractivity contribution in [1.29, 1.82) is 0 Å². The number of thiophene rings is 1. The average molecular weight is 418 g/mol. The maximum Gasteiger partial charge on any atom is 0.242 e. The lowest BCUT2D eigenvalue weighted by Gasteiger charge is -2.11. The fourth-order valence-electron chi connectivity index (χ4n) is 2.95. The number of benzene rings is 1. The third-order valence-electron chi connectivity index (χ3n) is 4.41. The second kappa shape index (κ2) is 7.08. The summed E-state index contributed by atoms with van der Waals surface area (Å²) < 4.78 is 28.0. The van der Waals surface area contributed by atoms with Crippen LogP contribution >= 0.6 is 11.3 Å². The van der Waals surface area contributed by atoms with Crippen molar-refractivity contribution < 1.29 is 8.42 Å². The molecule has 0 N–H and O–H groups in total. The van der Waals surface area contributed by atoms with Crippen LogP contribution in [0.5, 0.6) is 0 Å². The average Bonchev–Trinajstić information content (AvgIpc) is 3.40. The molecule has 0 saturated heterocycles. The molecule has 0 fully saturated rings. The molecular formula is C17H19N7O2S2. The topological polar surface area (TPSA) is 98.8 Å². The lowest BCUT2D eigenvalue weighted by atomic mass is 10.3. The summed E-state index contributed by atoms with van der Waals surface area (Å²) in [6.07, 6.45) is 0. The van der Waals surface area contributed by atoms with Crippen LogP contribution in [0.25, 0.3) is 22.4 Å². The maximum atomic E-state index is 12.4. The Balaban J connectivity index is 1.71. The van der Waals surface area contributed by atoms with Gasteiger partial charge in [-0.3, -0.25) is 0 Å². The van der Waals surface area contributed by atoms with Gasteiger partial charge in [-0.1, -0.05) is 0 Å². The number of fused-ring (bicyclic) bond motifs is 1. The minimum Gasteiger partial charge on any atom is -0.327 e. The van der Waals surface area contributed by atoms with Crippen molar-refractivity contribution in [2.24, 2.45) is 0 Å². The largest absolute Gasteiger partial charge is 0.327 e. The van der Waals surface area contributed by atoms with Crippen LogP contribution in [0.4, 0.5) is 0 Å². The van der Waals surface area contributed by atoms with E-state index in [1.165, 1.54) is 23.2 Å². The van der Waals surface area contributed by atoms with Crippen molar-refractivity contribution >= 4 is 32.4 Å². The molecule has 3 aromatic heterocycles. The molecule has 0 atom stereocenters. The molecule has 1 aromatic carbocycles. The summed E-state index contributed by atoms with van der Waals surface area (Å²) in [6.45, 7) is 3.05. The van der Waals surface area contributed by atoms with Crippen molar-refractivity contribution in [2.75, 3.05) is 14.1 Å². The molecule has 28 heavy (non-hydrogen) atoms. The Bertz CT molecular complexity index is 1220. The molecule has 0 aliphatic rings. The number of imidazole rings is 1. The standard InChI is InChI=1S/C17H19N7O2S2/c1-4-23-15-6-5-13(28(25,26)22(2)3)9-14(15)18-16(23)10-24-20-17(19-21-24)12-7-8-27-11-12/h5-9,11H,4,10H2,1-3H3. The summed E-state index contributed by atoms with van der Waals surface area (Å²) in [5.41, 5.74) is 2.42. The van der Waals surface area contributed by atoms with Crippen molar-refractivity contribution in [3.8, 4) is 11.4 Å². The molecule has 9 nitrogen and oxygen atoms in total. The van der Waals surface area contributed by atoms with E-state index in [0.717, 1.165) is 16.9 Å². The lowest BCUT2D eigenvalue weighted by molar-refractivity contribution is 0.521. The van der Waals surface area contributed by atoms with E-state index in [1.54, 1.807) is 29.5 Å². The van der Waals surface area contributed by atoms with Gasteiger partial charge in [0.1, 0.15) is 12.4 Å². The summed E-state index contributed by atoms with van der Waals surface area (Å²) in [6, 6.07) is 6.95. The number of nitrogens with zero attached hydrogens (tertiary/aromatic N) is 7. The second-order valence-electron chi connectivity index (χ2n) is 6.37. The van der Waals surface area contributed by atoms with Gasteiger partial charge >= 0.3 is 0 Å². The minimum atomic E-state index is -3.51. The molecule has 4 aromatic rings. The third kappa shape index (κ3) is 3.21. The SMILES string of the molecule is CCn1c(Cn2nnc(-c3ccsc3)n2)nc2cc(S(=O)(=O)N(C)C)ccc21. The number of hydrogen-bond acceptors (Lipinski definition) is 7. The number of hydrogen-bond donors (Lipinski definition) is 0. The van der Waals surface area contributed by atoms with Crippen molar-refractivity contribution in [3.05, 3.63) is 40.8 Å². The van der Waals surface area contributed by atoms with Gasteiger partial charge in [-0.25, -0.2) is 17.7 Å². The van der Waals surface area contributed by atoms with Crippen LogP contribution in [0.2, 0.25) is 0 Å². The maximum absolute atomic E-state index is 12.4. The molecule has 0 unspecified atom stereocenters. The predicted molar refractivity (Wildman–Crippen MR) is 107 cm³/mol. The van der Waals surface area contributed by atoms with Crippen LogP contribution in [0.15, 0.2) is 39.9 Å². The van der Waals surface area contributed by atoms with Crippen LogP contribution in [-0.2, 0) is 23.1 Å². The molecule has 11 heteroatoms. The Hall–Kier alpha value is -2.63. The molecule has 0 spiro atoms. The first-order valence-electron chi connectivity index (χ1n) is 8.62. The van der Waals surface area contributed by atoms with Gasteiger partial charge in [0.05, 0.1) is 15.9 Å². The first-order chi connectivity index (χ1) is 13.4. The van der Waals surface area contributed by atoms with Gasteiger partial charge in [0.2, 0.25) is 15.8 Å². The molecule has 0 saturated carbocycles. The van der Waals surface area contributed by atoms with Crippen LogP contribution in [0.1, 0.15) is 12.7 Å². The van der Waals surface area contributed by atoms with Crippen LogP contribution in [0, 0.1) is 0 Å². The highest BCUT2D eigenvalue weighted by Gasteiger charge is 2.20. The van der Waals surface area contributed by atoms with Gasteiger partial charge < -0.3 is 4.57 Å². The number of aryl methyl sites for hydroxylation is 1. The number of tetrazole rings is 1. The molecule has 0 aliphatic heterocycles. The molecule has 146 valence electrons. The zero-order valence-corrected chi connectivity index (χ0v) is 17.3. The summed E-state index contributed by atoms with van der Waals surface area (Å²) in [5, 5.41) is 16.6. The Morgan fingerprint density at radius 1 is 1.21 bits per heavy atom. The summed E-state index contributed by atoms with van der Waals surface area (Å²) in [5.74, 6) is 1.31. The first-order valence-corrected chi connectivity index (χ1v) is 11.0. The van der Waals surface area contributed by atoms with E-state index >= 15 is 0 Å². The lowest BCUT2D eigenvalue weighted by Crippen LogP contribution is -2.22. The van der Waals surface area contributed by atoms with E-state index in [-0.39, 0.29) is 4.90 Å². The molecular weight excluding hydrogens is 398 g/mol. The number of sulfonamides is 1. The summed E-state index contributed by atoms with van der Waals surface area (Å²) >= 11 is 1.58. The number of aromatic nitrogens is 6. The fraction of sp³-hybridized carbons (Fsp3) is 0.294. The highest BCUT2D eigenvalue weighted by Crippen LogP contribution is 2.23. The molecule has 0 radical (unpaired) electrons. The summed E-state index contributed by atoms with van der Waals surface area (Å²) in [7, 11) is -0.492. The molecule has 3 heterocycles. The van der Waals surface area contributed by atoms with E-state index < -0.39 is 10.0 Å². The highest BCUT2D eigenvalue weighted by atomic mass is 32.2. The fourth-order valence-corrected chi connectivity index (χ4v) is 4.50. The van der Waals surface area contributed by atoms with Gasteiger partial charge in [0.15, 0.2) is 0 Å². The van der Waals surface area contributed by atoms with Gasteiger partial charge in [-0.05, 0) is 41.8 Å². The van der Waals surface area contributed by atoms with Crippen molar-refractivity contribution in [1.82, 2.24) is 34.1 Å². The quantitative estimate of drug-likeness (QED) is 0.476. The van der Waals surface area contributed by atoms with Crippen LogP contribution in [-0.4, -0.2) is 56.6 Å². The monoisotopic (exact) mass is 417 g/mol. The minimum absolute atomic E-state index is 0.218. The molecule has 0 amide bonds. The predicted octanol–water partition coefficient (Wildman–Crippen LogP) is 2.07. The van der Waals surface area contributed by atoms with E-state index in [0.29, 0.717) is 24.4 Å². The summed E-state index contributed by atoms with van der Waals surface area (Å²) in [4.78, 5) is 6.35. The Kier molecular flexibility index (Phi) is 4.73. The Labute approximate surface area is 166 Å². The van der Waals surface area contributed by atoms with Crippen molar-refractivity contribution in [2.45, 2.75) is 24.9 Å². The molecule has 0 bridgehead atoms. The van der Waals surface area contributed by atoms with E-state index in [4.69, 9.17) is 0 Å². The van der Waals surface area contributed by atoms with Gasteiger partial charge in [0.25, 0.3) is 0 Å².